The fraction of sp³-hybridized carbons (Fsp3) is 0.312. The molecule has 0 unspecified atom stereocenters. The lowest BCUT2D eigenvalue weighted by Crippen LogP contribution is -2.42. The number of anilines is 2. The van der Waals surface area contributed by atoms with E-state index in [1.807, 2.05) is 0 Å². The first-order chi connectivity index (χ1) is 17.5. The van der Waals surface area contributed by atoms with E-state index in [1.165, 1.54) is 32.9 Å². The molecule has 182 valence electrons. The zero-order valence-electron chi connectivity index (χ0n) is 21.6. The third-order valence-electron chi connectivity index (χ3n) is 7.66. The lowest BCUT2D eigenvalue weighted by atomic mass is 10.1. The second-order valence-corrected chi connectivity index (χ2v) is 10.8. The van der Waals surface area contributed by atoms with Gasteiger partial charge < -0.3 is 9.80 Å². The highest BCUT2D eigenvalue weighted by molar-refractivity contribution is 6.50. The van der Waals surface area contributed by atoms with Gasteiger partial charge in [0.05, 0.1) is 12.1 Å². The van der Waals surface area contributed by atoms with Crippen LogP contribution in [-0.4, -0.2) is 36.8 Å². The van der Waals surface area contributed by atoms with Gasteiger partial charge in [0, 0.05) is 24.5 Å². The minimum atomic E-state index is 0.241. The number of amidine groups is 2. The van der Waals surface area contributed by atoms with Gasteiger partial charge in [0.1, 0.15) is 0 Å². The van der Waals surface area contributed by atoms with Gasteiger partial charge in [-0.3, -0.25) is 9.98 Å². The van der Waals surface area contributed by atoms with Crippen LogP contribution in [0.25, 0.3) is 21.5 Å². The number of hydrogen-bond donors (Lipinski definition) is 0. The van der Waals surface area contributed by atoms with E-state index in [1.54, 1.807) is 0 Å². The number of fused-ring (bicyclic) bond motifs is 2. The van der Waals surface area contributed by atoms with Crippen molar-refractivity contribution in [2.45, 2.75) is 39.8 Å². The maximum Gasteiger partial charge on any atom is 0.172 e. The average molecular weight is 475 g/mol. The Bertz CT molecular complexity index is 1370. The summed E-state index contributed by atoms with van der Waals surface area (Å²) in [6, 6.07) is 31.1. The molecule has 4 nitrogen and oxygen atoms in total. The molecule has 0 aliphatic carbocycles. The highest BCUT2D eigenvalue weighted by Gasteiger charge is 2.38. The molecule has 4 aromatic rings. The summed E-state index contributed by atoms with van der Waals surface area (Å²) in [7, 11) is 0. The molecule has 0 spiro atoms. The molecule has 0 aromatic heterocycles. The van der Waals surface area contributed by atoms with Crippen LogP contribution in [0.1, 0.15) is 27.7 Å². The van der Waals surface area contributed by atoms with Gasteiger partial charge in [0.2, 0.25) is 0 Å². The first-order valence-corrected chi connectivity index (χ1v) is 13.2. The molecule has 2 atom stereocenters. The van der Waals surface area contributed by atoms with Crippen LogP contribution in [0.3, 0.4) is 0 Å². The molecule has 0 N–H and O–H groups in total. The lowest BCUT2D eigenvalue weighted by molar-refractivity contribution is 0.521. The molecule has 2 heterocycles. The van der Waals surface area contributed by atoms with Crippen molar-refractivity contribution in [1.29, 1.82) is 0 Å². The van der Waals surface area contributed by atoms with Gasteiger partial charge in [-0.1, -0.05) is 88.4 Å². The van der Waals surface area contributed by atoms with Crippen LogP contribution in [0.4, 0.5) is 11.4 Å². The molecule has 6 rings (SSSR count). The predicted octanol–water partition coefficient (Wildman–Crippen LogP) is 7.18. The minimum absolute atomic E-state index is 0.241. The number of nitrogens with zero attached hydrogens (tertiary/aromatic N) is 4. The summed E-state index contributed by atoms with van der Waals surface area (Å²) < 4.78 is 0. The van der Waals surface area contributed by atoms with Crippen molar-refractivity contribution in [3.05, 3.63) is 84.9 Å². The van der Waals surface area contributed by atoms with E-state index in [0.717, 1.165) is 24.8 Å². The van der Waals surface area contributed by atoms with Crippen LogP contribution < -0.4 is 9.80 Å². The standard InChI is InChI=1S/C32H34N4/c1-21(2)29-19-35(27-15-13-23-9-5-7-11-25(23)17-27)31(33-29)32-34-30(22(3)4)20-36(32)28-16-14-24-10-6-8-12-26(24)18-28/h5-18,21-22,29-30H,19-20H2,1-4H3/t29-,30+. The predicted molar refractivity (Wildman–Crippen MR) is 155 cm³/mol. The fourth-order valence-corrected chi connectivity index (χ4v) is 5.30. The molecule has 0 saturated heterocycles. The van der Waals surface area contributed by atoms with Crippen molar-refractivity contribution in [1.82, 2.24) is 0 Å². The van der Waals surface area contributed by atoms with Crippen LogP contribution in [0.5, 0.6) is 0 Å². The zero-order chi connectivity index (χ0) is 24.8. The van der Waals surface area contributed by atoms with E-state index in [0.29, 0.717) is 11.8 Å². The Labute approximate surface area is 214 Å². The van der Waals surface area contributed by atoms with E-state index >= 15 is 0 Å². The van der Waals surface area contributed by atoms with Gasteiger partial charge in [-0.25, -0.2) is 0 Å². The Hall–Kier alpha value is -3.66. The fourth-order valence-electron chi connectivity index (χ4n) is 5.30. The molecule has 0 radical (unpaired) electrons. The summed E-state index contributed by atoms with van der Waals surface area (Å²) in [6.07, 6.45) is 0. The zero-order valence-corrected chi connectivity index (χ0v) is 21.6. The second-order valence-electron chi connectivity index (χ2n) is 10.8. The summed E-state index contributed by atoms with van der Waals surface area (Å²) >= 11 is 0. The quantitative estimate of drug-likeness (QED) is 0.307. The maximum atomic E-state index is 5.31. The first-order valence-electron chi connectivity index (χ1n) is 13.2. The Morgan fingerprint density at radius 2 is 0.944 bits per heavy atom. The maximum absolute atomic E-state index is 5.31. The summed E-state index contributed by atoms with van der Waals surface area (Å²) in [5.41, 5.74) is 2.37. The summed E-state index contributed by atoms with van der Waals surface area (Å²) in [6.45, 7) is 10.8. The number of benzene rings is 4. The topological polar surface area (TPSA) is 31.2 Å². The van der Waals surface area contributed by atoms with E-state index in [9.17, 15) is 0 Å². The smallest absolute Gasteiger partial charge is 0.172 e. The van der Waals surface area contributed by atoms with Gasteiger partial charge in [0.25, 0.3) is 0 Å². The van der Waals surface area contributed by atoms with Crippen molar-refractivity contribution >= 4 is 44.6 Å². The largest absolute Gasteiger partial charge is 0.321 e. The first kappa shape index (κ1) is 22.8. The van der Waals surface area contributed by atoms with Gasteiger partial charge >= 0.3 is 0 Å². The van der Waals surface area contributed by atoms with Gasteiger partial charge in [-0.15, -0.1) is 0 Å². The molecule has 2 aliphatic heterocycles. The van der Waals surface area contributed by atoms with Gasteiger partial charge in [0.15, 0.2) is 11.7 Å². The Morgan fingerprint density at radius 3 is 1.33 bits per heavy atom. The van der Waals surface area contributed by atoms with E-state index in [4.69, 9.17) is 9.98 Å². The number of aliphatic imine (C=N–C) groups is 2. The highest BCUT2D eigenvalue weighted by atomic mass is 15.4. The Morgan fingerprint density at radius 1 is 0.556 bits per heavy atom. The third-order valence-corrected chi connectivity index (χ3v) is 7.66. The molecule has 0 saturated carbocycles. The van der Waals surface area contributed by atoms with Crippen LogP contribution in [0.2, 0.25) is 0 Å². The average Bonchev–Trinajstić information content (AvgIpc) is 3.53. The molecule has 4 aromatic carbocycles. The summed E-state index contributed by atoms with van der Waals surface area (Å²) in [4.78, 5) is 15.4. The summed E-state index contributed by atoms with van der Waals surface area (Å²) in [5.74, 6) is 2.92. The molecule has 2 aliphatic rings. The molecule has 0 fully saturated rings. The molecule has 0 amide bonds. The van der Waals surface area contributed by atoms with Gasteiger partial charge in [-0.05, 0) is 57.6 Å². The van der Waals surface area contributed by atoms with Crippen LogP contribution >= 0.6 is 0 Å². The number of rotatable bonds is 5. The summed E-state index contributed by atoms with van der Waals surface area (Å²) in [5, 5.41) is 5.02. The third kappa shape index (κ3) is 4.05. The van der Waals surface area contributed by atoms with E-state index in [2.05, 4.69) is 122 Å². The van der Waals surface area contributed by atoms with Crippen LogP contribution in [0, 0.1) is 11.8 Å². The van der Waals surface area contributed by atoms with Crippen molar-refractivity contribution in [2.75, 3.05) is 22.9 Å². The van der Waals surface area contributed by atoms with E-state index < -0.39 is 0 Å². The lowest BCUT2D eigenvalue weighted by Gasteiger charge is -2.27. The highest BCUT2D eigenvalue weighted by Crippen LogP contribution is 2.32. The van der Waals surface area contributed by atoms with E-state index in [-0.39, 0.29) is 12.1 Å². The normalized spacial score (nSPS) is 20.2. The molecular formula is C32H34N4. The monoisotopic (exact) mass is 474 g/mol. The van der Waals surface area contributed by atoms with Crippen molar-refractivity contribution < 1.29 is 0 Å². The Kier molecular flexibility index (Phi) is 5.75. The van der Waals surface area contributed by atoms with Crippen LogP contribution in [-0.2, 0) is 0 Å². The van der Waals surface area contributed by atoms with Crippen molar-refractivity contribution in [3.8, 4) is 0 Å². The molecule has 4 heteroatoms. The van der Waals surface area contributed by atoms with Crippen molar-refractivity contribution in [3.63, 3.8) is 0 Å². The molecule has 36 heavy (non-hydrogen) atoms. The Balaban J connectivity index is 1.45. The van der Waals surface area contributed by atoms with Crippen LogP contribution in [0.15, 0.2) is 94.9 Å². The SMILES string of the molecule is CC(C)[C@@H]1CN(c2ccc3ccccc3c2)C(C2=N[C@@H](C(C)C)CN2c2ccc3ccccc3c2)=N1. The minimum Gasteiger partial charge on any atom is -0.321 e. The van der Waals surface area contributed by atoms with Gasteiger partial charge in [-0.2, -0.15) is 0 Å². The number of hydrogen-bond acceptors (Lipinski definition) is 4. The van der Waals surface area contributed by atoms with Crippen molar-refractivity contribution in [2.24, 2.45) is 21.8 Å². The second kappa shape index (κ2) is 9.09. The molecule has 0 bridgehead atoms. The molecular weight excluding hydrogens is 440 g/mol.